The third-order valence-corrected chi connectivity index (χ3v) is 0.941. The molecule has 0 saturated carbocycles. The fourth-order valence-electron chi connectivity index (χ4n) is 0.456. The van der Waals surface area contributed by atoms with E-state index in [1.54, 1.807) is 6.92 Å². The van der Waals surface area contributed by atoms with Crippen LogP contribution in [0.3, 0.4) is 0 Å². The Balaban J connectivity index is 3.85. The van der Waals surface area contributed by atoms with E-state index in [9.17, 15) is 4.79 Å². The first kappa shape index (κ1) is 8.39. The summed E-state index contributed by atoms with van der Waals surface area (Å²) in [4.78, 5) is 9.91. The van der Waals surface area contributed by atoms with Gasteiger partial charge in [0.15, 0.2) is 0 Å². The maximum absolute atomic E-state index is 9.91. The normalized spacial score (nSPS) is 11.4. The third-order valence-electron chi connectivity index (χ3n) is 0.941. The Hall–Kier alpha value is -0.610. The number of rotatable bonds is 3. The number of carboxylic acids is 1. The summed E-state index contributed by atoms with van der Waals surface area (Å²) in [7, 11) is 0. The molecule has 3 N–H and O–H groups in total. The van der Waals surface area contributed by atoms with Crippen molar-refractivity contribution >= 4 is 5.97 Å². The lowest BCUT2D eigenvalue weighted by Crippen LogP contribution is -2.37. The average Bonchev–Trinajstić information content (AvgIpc) is 1.65. The van der Waals surface area contributed by atoms with Gasteiger partial charge in [-0.2, -0.15) is 0 Å². The summed E-state index contributed by atoms with van der Waals surface area (Å²) in [5.41, 5.74) is 0. The summed E-state index contributed by atoms with van der Waals surface area (Å²) in [6.45, 7) is 1.67. The van der Waals surface area contributed by atoms with E-state index in [-0.39, 0.29) is 6.42 Å². The Morgan fingerprint density at radius 1 is 1.56 bits per heavy atom. The van der Waals surface area contributed by atoms with Crippen LogP contribution in [0.2, 0.25) is 0 Å². The van der Waals surface area contributed by atoms with E-state index < -0.39 is 11.8 Å². The van der Waals surface area contributed by atoms with Gasteiger partial charge in [-0.15, -0.1) is 0 Å². The highest BCUT2D eigenvalue weighted by Gasteiger charge is 2.31. The van der Waals surface area contributed by atoms with Crippen LogP contribution in [0, 0.1) is 0 Å². The molecule has 0 aromatic carbocycles. The molecule has 0 rings (SSSR count). The van der Waals surface area contributed by atoms with Crippen molar-refractivity contribution in [2.45, 2.75) is 25.6 Å². The molecule has 0 fully saturated rings. The van der Waals surface area contributed by atoms with E-state index in [0.717, 1.165) is 0 Å². The monoisotopic (exact) mass is 134 g/mol. The van der Waals surface area contributed by atoms with E-state index in [1.807, 2.05) is 0 Å². The predicted molar refractivity (Wildman–Crippen MR) is 29.7 cm³/mol. The predicted octanol–water partition coefficient (Wildman–Crippen LogP) is -0.448. The van der Waals surface area contributed by atoms with Gasteiger partial charge >= 0.3 is 5.97 Å². The van der Waals surface area contributed by atoms with E-state index in [2.05, 4.69) is 0 Å². The summed E-state index contributed by atoms with van der Waals surface area (Å²) >= 11 is 0. The molecule has 54 valence electrons. The Morgan fingerprint density at radius 3 is 2.11 bits per heavy atom. The van der Waals surface area contributed by atoms with Crippen molar-refractivity contribution in [2.24, 2.45) is 0 Å². The Bertz CT molecular complexity index is 108. The maximum Gasteiger partial charge on any atom is 0.364 e. The minimum atomic E-state index is -2.53. The third kappa shape index (κ3) is 2.43. The van der Waals surface area contributed by atoms with Gasteiger partial charge in [-0.25, -0.2) is 4.79 Å². The van der Waals surface area contributed by atoms with Gasteiger partial charge in [-0.05, 0) is 0 Å². The van der Waals surface area contributed by atoms with Gasteiger partial charge in [0.05, 0.1) is 0 Å². The Labute approximate surface area is 52.7 Å². The number of hydrogen-bond acceptors (Lipinski definition) is 3. The molecular formula is C5H10O4. The smallest absolute Gasteiger partial charge is 0.364 e. The van der Waals surface area contributed by atoms with Gasteiger partial charge in [0.25, 0.3) is 5.79 Å². The van der Waals surface area contributed by atoms with Gasteiger partial charge in [-0.3, -0.25) is 0 Å². The lowest BCUT2D eigenvalue weighted by Gasteiger charge is -2.13. The molecule has 9 heavy (non-hydrogen) atoms. The van der Waals surface area contributed by atoms with Crippen LogP contribution in [0.4, 0.5) is 0 Å². The number of hydrogen-bond donors (Lipinski definition) is 3. The van der Waals surface area contributed by atoms with Crippen molar-refractivity contribution in [2.75, 3.05) is 0 Å². The number of aliphatic carboxylic acids is 1. The van der Waals surface area contributed by atoms with Crippen molar-refractivity contribution < 1.29 is 20.1 Å². The molecule has 0 atom stereocenters. The summed E-state index contributed by atoms with van der Waals surface area (Å²) in [5.74, 6) is -4.13. The van der Waals surface area contributed by atoms with E-state index in [0.29, 0.717) is 6.42 Å². The van der Waals surface area contributed by atoms with Gasteiger partial charge in [-0.1, -0.05) is 13.3 Å². The molecule has 0 aliphatic heterocycles. The largest absolute Gasteiger partial charge is 0.477 e. The second-order valence-electron chi connectivity index (χ2n) is 1.87. The fraction of sp³-hybridized carbons (Fsp3) is 0.800. The van der Waals surface area contributed by atoms with Gasteiger partial charge < -0.3 is 15.3 Å². The SMILES string of the molecule is CCCC(O)(O)C(=O)O. The van der Waals surface area contributed by atoms with Crippen molar-refractivity contribution in [1.29, 1.82) is 0 Å². The lowest BCUT2D eigenvalue weighted by molar-refractivity contribution is -0.205. The molecule has 0 aliphatic rings. The molecule has 0 heterocycles. The highest BCUT2D eigenvalue weighted by Crippen LogP contribution is 2.07. The van der Waals surface area contributed by atoms with E-state index in [4.69, 9.17) is 15.3 Å². The second-order valence-corrected chi connectivity index (χ2v) is 1.87. The van der Waals surface area contributed by atoms with Crippen LogP contribution in [0.5, 0.6) is 0 Å². The Kier molecular flexibility index (Phi) is 2.61. The van der Waals surface area contributed by atoms with Crippen LogP contribution in [0.1, 0.15) is 19.8 Å². The minimum absolute atomic E-state index is 0.137. The zero-order chi connectivity index (χ0) is 7.49. The second kappa shape index (κ2) is 2.80. The van der Waals surface area contributed by atoms with Crippen molar-refractivity contribution in [3.8, 4) is 0 Å². The van der Waals surface area contributed by atoms with Crippen LogP contribution >= 0.6 is 0 Å². The molecule has 0 amide bonds. The van der Waals surface area contributed by atoms with Gasteiger partial charge in [0, 0.05) is 6.42 Å². The molecule has 4 heteroatoms. The highest BCUT2D eigenvalue weighted by atomic mass is 16.5. The van der Waals surface area contributed by atoms with Crippen LogP contribution in [0.15, 0.2) is 0 Å². The van der Waals surface area contributed by atoms with Crippen molar-refractivity contribution in [3.63, 3.8) is 0 Å². The van der Waals surface area contributed by atoms with Crippen LogP contribution in [-0.2, 0) is 4.79 Å². The summed E-state index contributed by atoms with van der Waals surface area (Å²) in [6.07, 6.45) is 0.293. The maximum atomic E-state index is 9.91. The molecule has 0 bridgehead atoms. The molecule has 0 saturated heterocycles. The standard InChI is InChI=1S/C5H10O4/c1-2-3-5(8,9)4(6)7/h8-9H,2-3H2,1H3,(H,6,7). The first-order valence-electron chi connectivity index (χ1n) is 2.69. The topological polar surface area (TPSA) is 77.8 Å². The molecule has 0 spiro atoms. The first-order valence-corrected chi connectivity index (χ1v) is 2.69. The molecule has 0 aromatic heterocycles. The molecule has 0 aliphatic carbocycles. The molecule has 0 unspecified atom stereocenters. The zero-order valence-corrected chi connectivity index (χ0v) is 5.16. The average molecular weight is 134 g/mol. The van der Waals surface area contributed by atoms with Crippen molar-refractivity contribution in [3.05, 3.63) is 0 Å². The summed E-state index contributed by atoms with van der Waals surface area (Å²) in [6, 6.07) is 0. The van der Waals surface area contributed by atoms with E-state index >= 15 is 0 Å². The van der Waals surface area contributed by atoms with Crippen LogP contribution in [-0.4, -0.2) is 27.1 Å². The number of carboxylic acid groups (broad SMARTS) is 1. The van der Waals surface area contributed by atoms with E-state index in [1.165, 1.54) is 0 Å². The molecule has 0 radical (unpaired) electrons. The van der Waals surface area contributed by atoms with Crippen LogP contribution < -0.4 is 0 Å². The zero-order valence-electron chi connectivity index (χ0n) is 5.16. The quantitative estimate of drug-likeness (QED) is 0.457. The first-order chi connectivity index (χ1) is 4.00. The fourth-order valence-corrected chi connectivity index (χ4v) is 0.456. The molecule has 4 nitrogen and oxygen atoms in total. The van der Waals surface area contributed by atoms with Crippen LogP contribution in [0.25, 0.3) is 0 Å². The lowest BCUT2D eigenvalue weighted by atomic mass is 10.1. The highest BCUT2D eigenvalue weighted by molar-refractivity contribution is 5.74. The number of aliphatic hydroxyl groups is 2. The number of carbonyl (C=O) groups is 1. The minimum Gasteiger partial charge on any atom is -0.477 e. The van der Waals surface area contributed by atoms with Gasteiger partial charge in [0.1, 0.15) is 0 Å². The summed E-state index contributed by atoms with van der Waals surface area (Å²) in [5, 5.41) is 25.2. The molecular weight excluding hydrogens is 124 g/mol. The van der Waals surface area contributed by atoms with Gasteiger partial charge in [0.2, 0.25) is 0 Å². The van der Waals surface area contributed by atoms with Crippen molar-refractivity contribution in [1.82, 2.24) is 0 Å². The Morgan fingerprint density at radius 2 is 2.00 bits per heavy atom. The summed E-state index contributed by atoms with van der Waals surface area (Å²) < 4.78 is 0. The molecule has 0 aromatic rings.